The van der Waals surface area contributed by atoms with Gasteiger partial charge in [0.2, 0.25) is 5.78 Å². The van der Waals surface area contributed by atoms with Crippen molar-refractivity contribution in [1.82, 2.24) is 9.55 Å². The summed E-state index contributed by atoms with van der Waals surface area (Å²) in [5.41, 5.74) is 3.99. The first kappa shape index (κ1) is 12.6. The predicted molar refractivity (Wildman–Crippen MR) is 72.0 cm³/mol. The SMILES string of the molecule is CCn1ccnc1C(=O)c1c(C)cc(C)cc1C. The van der Waals surface area contributed by atoms with E-state index < -0.39 is 0 Å². The fourth-order valence-corrected chi connectivity index (χ4v) is 2.42. The van der Waals surface area contributed by atoms with E-state index in [-0.39, 0.29) is 5.78 Å². The van der Waals surface area contributed by atoms with Crippen LogP contribution in [0.4, 0.5) is 0 Å². The highest BCUT2D eigenvalue weighted by Gasteiger charge is 2.18. The molecule has 0 atom stereocenters. The number of hydrogen-bond donors (Lipinski definition) is 0. The maximum absolute atomic E-state index is 12.6. The first-order valence-corrected chi connectivity index (χ1v) is 6.18. The molecule has 0 radical (unpaired) electrons. The largest absolute Gasteiger partial charge is 0.328 e. The Bertz CT molecular complexity index is 573. The predicted octanol–water partition coefficient (Wildman–Crippen LogP) is 3.06. The minimum atomic E-state index is 0.0110. The Labute approximate surface area is 107 Å². The van der Waals surface area contributed by atoms with E-state index in [1.54, 1.807) is 6.20 Å². The van der Waals surface area contributed by atoms with Gasteiger partial charge in [0.15, 0.2) is 5.82 Å². The van der Waals surface area contributed by atoms with E-state index in [0.29, 0.717) is 5.82 Å². The number of imidazole rings is 1. The first-order chi connectivity index (χ1) is 8.54. The Balaban J connectivity index is 2.53. The van der Waals surface area contributed by atoms with Gasteiger partial charge in [0.25, 0.3) is 0 Å². The molecule has 1 aromatic carbocycles. The highest BCUT2D eigenvalue weighted by Crippen LogP contribution is 2.19. The number of rotatable bonds is 3. The van der Waals surface area contributed by atoms with Crippen molar-refractivity contribution in [3.8, 4) is 0 Å². The van der Waals surface area contributed by atoms with E-state index in [9.17, 15) is 4.79 Å². The van der Waals surface area contributed by atoms with Crippen molar-refractivity contribution in [2.45, 2.75) is 34.2 Å². The molecule has 2 aromatic rings. The monoisotopic (exact) mass is 242 g/mol. The highest BCUT2D eigenvalue weighted by atomic mass is 16.1. The third-order valence-electron chi connectivity index (χ3n) is 3.16. The molecule has 18 heavy (non-hydrogen) atoms. The van der Waals surface area contributed by atoms with Gasteiger partial charge in [-0.2, -0.15) is 0 Å². The number of benzene rings is 1. The van der Waals surface area contributed by atoms with E-state index in [1.807, 2.05) is 50.6 Å². The van der Waals surface area contributed by atoms with Crippen LogP contribution < -0.4 is 0 Å². The molecule has 2 rings (SSSR count). The average molecular weight is 242 g/mol. The molecule has 0 unspecified atom stereocenters. The van der Waals surface area contributed by atoms with Crippen LogP contribution in [0, 0.1) is 20.8 Å². The molecule has 3 nitrogen and oxygen atoms in total. The van der Waals surface area contributed by atoms with Crippen LogP contribution in [0.3, 0.4) is 0 Å². The summed E-state index contributed by atoms with van der Waals surface area (Å²) in [6.45, 7) is 8.76. The third kappa shape index (κ3) is 2.08. The van der Waals surface area contributed by atoms with Crippen LogP contribution in [0.15, 0.2) is 24.5 Å². The van der Waals surface area contributed by atoms with Gasteiger partial charge in [0.05, 0.1) is 0 Å². The molecule has 0 fully saturated rings. The minimum absolute atomic E-state index is 0.0110. The molecule has 0 aliphatic rings. The van der Waals surface area contributed by atoms with Crippen molar-refractivity contribution in [1.29, 1.82) is 0 Å². The van der Waals surface area contributed by atoms with Crippen LogP contribution in [0.5, 0.6) is 0 Å². The number of aryl methyl sites for hydroxylation is 4. The molecule has 0 saturated carbocycles. The van der Waals surface area contributed by atoms with Gasteiger partial charge in [0, 0.05) is 24.5 Å². The lowest BCUT2D eigenvalue weighted by atomic mass is 9.96. The Hall–Kier alpha value is -1.90. The topological polar surface area (TPSA) is 34.9 Å². The van der Waals surface area contributed by atoms with Crippen molar-refractivity contribution in [2.24, 2.45) is 0 Å². The lowest BCUT2D eigenvalue weighted by molar-refractivity contribution is 0.102. The second-order valence-corrected chi connectivity index (χ2v) is 4.64. The van der Waals surface area contributed by atoms with E-state index in [0.717, 1.165) is 23.2 Å². The van der Waals surface area contributed by atoms with Crippen molar-refractivity contribution in [3.63, 3.8) is 0 Å². The molecule has 0 bridgehead atoms. The first-order valence-electron chi connectivity index (χ1n) is 6.18. The summed E-state index contributed by atoms with van der Waals surface area (Å²) in [4.78, 5) is 16.7. The lowest BCUT2D eigenvalue weighted by Crippen LogP contribution is -2.13. The summed E-state index contributed by atoms with van der Waals surface area (Å²) in [6.07, 6.45) is 3.52. The minimum Gasteiger partial charge on any atom is -0.328 e. The van der Waals surface area contributed by atoms with Gasteiger partial charge in [-0.1, -0.05) is 17.7 Å². The van der Waals surface area contributed by atoms with Crippen LogP contribution in [0.1, 0.15) is 39.8 Å². The maximum Gasteiger partial charge on any atom is 0.228 e. The van der Waals surface area contributed by atoms with E-state index >= 15 is 0 Å². The fourth-order valence-electron chi connectivity index (χ4n) is 2.42. The summed E-state index contributed by atoms with van der Waals surface area (Å²) < 4.78 is 1.88. The molecule has 3 heteroatoms. The van der Waals surface area contributed by atoms with Gasteiger partial charge < -0.3 is 4.57 Å². The van der Waals surface area contributed by atoms with Crippen LogP contribution in [0.2, 0.25) is 0 Å². The van der Waals surface area contributed by atoms with Crippen LogP contribution in [-0.4, -0.2) is 15.3 Å². The summed E-state index contributed by atoms with van der Waals surface area (Å²) in [5, 5.41) is 0. The lowest BCUT2D eigenvalue weighted by Gasteiger charge is -2.10. The van der Waals surface area contributed by atoms with Gasteiger partial charge in [-0.15, -0.1) is 0 Å². The van der Waals surface area contributed by atoms with Gasteiger partial charge >= 0.3 is 0 Å². The van der Waals surface area contributed by atoms with Crippen LogP contribution in [-0.2, 0) is 6.54 Å². The molecular weight excluding hydrogens is 224 g/mol. The summed E-state index contributed by atoms with van der Waals surface area (Å²) in [6, 6.07) is 4.08. The standard InChI is InChI=1S/C15H18N2O/c1-5-17-7-6-16-15(17)14(18)13-11(3)8-10(2)9-12(13)4/h6-9H,5H2,1-4H3. The molecule has 0 amide bonds. The van der Waals surface area contributed by atoms with Crippen molar-refractivity contribution < 1.29 is 4.79 Å². The molecule has 0 N–H and O–H groups in total. The Morgan fingerprint density at radius 1 is 1.22 bits per heavy atom. The second kappa shape index (κ2) is 4.77. The number of carbonyl (C=O) groups excluding carboxylic acids is 1. The van der Waals surface area contributed by atoms with Crippen molar-refractivity contribution in [2.75, 3.05) is 0 Å². The Morgan fingerprint density at radius 2 is 1.83 bits per heavy atom. The summed E-state index contributed by atoms with van der Waals surface area (Å²) >= 11 is 0. The number of aromatic nitrogens is 2. The number of nitrogens with zero attached hydrogens (tertiary/aromatic N) is 2. The third-order valence-corrected chi connectivity index (χ3v) is 3.16. The van der Waals surface area contributed by atoms with Crippen LogP contribution >= 0.6 is 0 Å². The van der Waals surface area contributed by atoms with Crippen LogP contribution in [0.25, 0.3) is 0 Å². The number of ketones is 1. The average Bonchev–Trinajstić information content (AvgIpc) is 2.75. The second-order valence-electron chi connectivity index (χ2n) is 4.64. The zero-order valence-corrected chi connectivity index (χ0v) is 11.3. The number of hydrogen-bond acceptors (Lipinski definition) is 2. The zero-order chi connectivity index (χ0) is 13.3. The molecule has 1 heterocycles. The molecule has 94 valence electrons. The zero-order valence-electron chi connectivity index (χ0n) is 11.3. The van der Waals surface area contributed by atoms with Crippen molar-refractivity contribution >= 4 is 5.78 Å². The maximum atomic E-state index is 12.6. The molecule has 0 spiro atoms. The fraction of sp³-hybridized carbons (Fsp3) is 0.333. The molecule has 0 aliphatic carbocycles. The molecule has 0 saturated heterocycles. The summed E-state index contributed by atoms with van der Waals surface area (Å²) in [5.74, 6) is 0.532. The van der Waals surface area contributed by atoms with E-state index in [2.05, 4.69) is 4.98 Å². The molecule has 1 aromatic heterocycles. The Morgan fingerprint density at radius 3 is 2.39 bits per heavy atom. The van der Waals surface area contributed by atoms with Gasteiger partial charge in [0.1, 0.15) is 0 Å². The molecular formula is C15H18N2O. The van der Waals surface area contributed by atoms with Gasteiger partial charge in [-0.25, -0.2) is 4.98 Å². The van der Waals surface area contributed by atoms with Gasteiger partial charge in [-0.3, -0.25) is 4.79 Å². The molecule has 0 aliphatic heterocycles. The quantitative estimate of drug-likeness (QED) is 0.775. The van der Waals surface area contributed by atoms with Gasteiger partial charge in [-0.05, 0) is 38.8 Å². The smallest absolute Gasteiger partial charge is 0.228 e. The number of carbonyl (C=O) groups is 1. The normalized spacial score (nSPS) is 10.7. The summed E-state index contributed by atoms with van der Waals surface area (Å²) in [7, 11) is 0. The van der Waals surface area contributed by atoms with Crippen molar-refractivity contribution in [3.05, 3.63) is 52.6 Å². The Kier molecular flexibility index (Phi) is 3.32. The highest BCUT2D eigenvalue weighted by molar-refractivity contribution is 6.08. The van der Waals surface area contributed by atoms with E-state index in [4.69, 9.17) is 0 Å². The van der Waals surface area contributed by atoms with E-state index in [1.165, 1.54) is 5.56 Å².